The van der Waals surface area contributed by atoms with E-state index >= 15 is 0 Å². The number of rotatable bonds is 6. The zero-order valence-corrected chi connectivity index (χ0v) is 20.1. The van der Waals surface area contributed by atoms with Crippen molar-refractivity contribution in [3.05, 3.63) is 94.6 Å². The monoisotopic (exact) mass is 492 g/mol. The largest absolute Gasteiger partial charge is 0.497 e. The van der Waals surface area contributed by atoms with E-state index in [9.17, 15) is 4.39 Å². The Morgan fingerprint density at radius 1 is 1.18 bits per heavy atom. The quantitative estimate of drug-likeness (QED) is 0.341. The van der Waals surface area contributed by atoms with Gasteiger partial charge in [-0.05, 0) is 66.0 Å². The summed E-state index contributed by atoms with van der Waals surface area (Å²) in [5.41, 5.74) is 3.34. The molecule has 0 spiro atoms. The van der Waals surface area contributed by atoms with Crippen LogP contribution in [0, 0.1) is 5.82 Å². The van der Waals surface area contributed by atoms with E-state index in [1.807, 2.05) is 59.7 Å². The lowest BCUT2D eigenvalue weighted by molar-refractivity contribution is 0.395. The van der Waals surface area contributed by atoms with E-state index in [4.69, 9.17) is 21.5 Å². The number of hydrogen-bond acceptors (Lipinski definition) is 6. The number of allylic oxidation sites excluding steroid dienone is 1. The first-order chi connectivity index (χ1) is 16.5. The molecule has 9 heteroatoms. The zero-order chi connectivity index (χ0) is 23.7. The molecule has 0 fully saturated rings. The highest BCUT2D eigenvalue weighted by molar-refractivity contribution is 7.80. The van der Waals surface area contributed by atoms with Crippen molar-refractivity contribution in [2.24, 2.45) is 0 Å². The number of thiocarbonyl (C=S) groups is 1. The van der Waals surface area contributed by atoms with Gasteiger partial charge in [0.15, 0.2) is 5.11 Å². The lowest BCUT2D eigenvalue weighted by Crippen LogP contribution is -2.45. The molecule has 1 N–H and O–H groups in total. The van der Waals surface area contributed by atoms with Crippen LogP contribution in [0.4, 0.5) is 4.39 Å². The molecule has 0 saturated carbocycles. The van der Waals surface area contributed by atoms with Crippen molar-refractivity contribution < 1.29 is 13.7 Å². The van der Waals surface area contributed by atoms with E-state index in [1.54, 1.807) is 13.2 Å². The van der Waals surface area contributed by atoms with E-state index < -0.39 is 6.04 Å². The minimum atomic E-state index is -0.443. The Bertz CT molecular complexity index is 1370. The van der Waals surface area contributed by atoms with Gasteiger partial charge in [0, 0.05) is 5.70 Å². The van der Waals surface area contributed by atoms with Gasteiger partial charge in [-0.15, -0.1) is 11.3 Å². The van der Waals surface area contributed by atoms with Crippen LogP contribution in [0.5, 0.6) is 5.75 Å². The van der Waals surface area contributed by atoms with Crippen LogP contribution >= 0.6 is 23.6 Å². The first kappa shape index (κ1) is 22.2. The molecule has 0 aliphatic carbocycles. The van der Waals surface area contributed by atoms with Gasteiger partial charge in [-0.1, -0.05) is 35.5 Å². The number of nitrogens with one attached hydrogen (secondary N) is 1. The third-order valence-corrected chi connectivity index (χ3v) is 6.86. The van der Waals surface area contributed by atoms with Crippen molar-refractivity contribution in [1.82, 2.24) is 20.4 Å². The molecule has 1 aliphatic rings. The number of nitrogens with zero attached hydrogens (tertiary/aromatic N) is 3. The number of aromatic nitrogens is 2. The molecule has 34 heavy (non-hydrogen) atoms. The highest BCUT2D eigenvalue weighted by atomic mass is 32.1. The first-order valence-corrected chi connectivity index (χ1v) is 11.9. The number of benzene rings is 2. The highest BCUT2D eigenvalue weighted by Crippen LogP contribution is 2.38. The zero-order valence-electron chi connectivity index (χ0n) is 18.5. The minimum Gasteiger partial charge on any atom is -0.497 e. The molecule has 2 aromatic carbocycles. The predicted octanol–water partition coefficient (Wildman–Crippen LogP) is 5.81. The molecule has 1 unspecified atom stereocenters. The van der Waals surface area contributed by atoms with Crippen LogP contribution in [0.15, 0.2) is 76.3 Å². The molecular weight excluding hydrogens is 471 g/mol. The second kappa shape index (κ2) is 9.36. The molecule has 0 saturated heterocycles. The second-order valence-electron chi connectivity index (χ2n) is 7.77. The number of methoxy groups -OCH3 is 1. The van der Waals surface area contributed by atoms with Crippen molar-refractivity contribution in [3.8, 4) is 16.5 Å². The van der Waals surface area contributed by atoms with Gasteiger partial charge in [-0.3, -0.25) is 0 Å². The summed E-state index contributed by atoms with van der Waals surface area (Å²) in [6.45, 7) is 2.48. The number of thiophene rings is 1. The SMILES string of the molecule is COc1cccc(CN2C(=S)NC(c3cccc(F)c3)C(c3nc(-c4cccs4)no3)=C2C)c1. The maximum atomic E-state index is 14.1. The molecule has 6 nitrogen and oxygen atoms in total. The van der Waals surface area contributed by atoms with Crippen LogP contribution in [0.1, 0.15) is 30.0 Å². The molecule has 0 amide bonds. The van der Waals surface area contributed by atoms with E-state index in [1.165, 1.54) is 23.5 Å². The van der Waals surface area contributed by atoms with Crippen LogP contribution in [-0.4, -0.2) is 27.3 Å². The van der Waals surface area contributed by atoms with Gasteiger partial charge in [-0.25, -0.2) is 4.39 Å². The molecule has 4 aromatic rings. The summed E-state index contributed by atoms with van der Waals surface area (Å²) in [6.07, 6.45) is 0. The van der Waals surface area contributed by atoms with Crippen molar-refractivity contribution in [1.29, 1.82) is 0 Å². The topological polar surface area (TPSA) is 63.4 Å². The van der Waals surface area contributed by atoms with Crippen LogP contribution in [0.3, 0.4) is 0 Å². The lowest BCUT2D eigenvalue weighted by Gasteiger charge is -2.37. The molecule has 1 aliphatic heterocycles. The van der Waals surface area contributed by atoms with Gasteiger partial charge in [0.25, 0.3) is 5.89 Å². The molecule has 172 valence electrons. The van der Waals surface area contributed by atoms with Crippen molar-refractivity contribution in [3.63, 3.8) is 0 Å². The third-order valence-electron chi connectivity index (χ3n) is 5.65. The van der Waals surface area contributed by atoms with Gasteiger partial charge in [0.1, 0.15) is 11.6 Å². The summed E-state index contributed by atoms with van der Waals surface area (Å²) < 4.78 is 25.2. The van der Waals surface area contributed by atoms with Crippen molar-refractivity contribution >= 4 is 34.2 Å². The molecule has 5 rings (SSSR count). The molecular formula is C25H21FN4O2S2. The van der Waals surface area contributed by atoms with Gasteiger partial charge < -0.3 is 19.5 Å². The molecule has 2 aromatic heterocycles. The van der Waals surface area contributed by atoms with Crippen LogP contribution in [0.25, 0.3) is 16.3 Å². The summed E-state index contributed by atoms with van der Waals surface area (Å²) in [5.74, 6) is 1.31. The van der Waals surface area contributed by atoms with Gasteiger partial charge in [0.05, 0.1) is 30.1 Å². The Kier molecular flexibility index (Phi) is 6.12. The van der Waals surface area contributed by atoms with Crippen LogP contribution < -0.4 is 10.1 Å². The van der Waals surface area contributed by atoms with Gasteiger partial charge >= 0.3 is 0 Å². The molecule has 0 bridgehead atoms. The Labute approximate surface area is 205 Å². The van der Waals surface area contributed by atoms with Gasteiger partial charge in [-0.2, -0.15) is 4.98 Å². The predicted molar refractivity (Wildman–Crippen MR) is 134 cm³/mol. The standard InChI is InChI=1S/C25H21FN4O2S2/c1-15-21(24-28-23(29-32-24)20-10-5-11-34-20)22(17-7-4-8-18(26)13-17)27-25(33)30(15)14-16-6-3-9-19(12-16)31-2/h3-13,22H,14H2,1-2H3,(H,27,33). The van der Waals surface area contributed by atoms with E-state index in [2.05, 4.69) is 15.5 Å². The summed E-state index contributed by atoms with van der Waals surface area (Å²) in [4.78, 5) is 7.55. The summed E-state index contributed by atoms with van der Waals surface area (Å²) in [7, 11) is 1.64. The van der Waals surface area contributed by atoms with Crippen molar-refractivity contribution in [2.45, 2.75) is 19.5 Å². The molecule has 1 atom stereocenters. The molecule has 0 radical (unpaired) electrons. The Hall–Kier alpha value is -3.56. The summed E-state index contributed by atoms with van der Waals surface area (Å²) in [6, 6.07) is 17.7. The fourth-order valence-corrected chi connectivity index (χ4v) is 4.95. The smallest absolute Gasteiger partial charge is 0.258 e. The maximum Gasteiger partial charge on any atom is 0.258 e. The summed E-state index contributed by atoms with van der Waals surface area (Å²) in [5, 5.41) is 10.0. The van der Waals surface area contributed by atoms with E-state index in [-0.39, 0.29) is 5.82 Å². The average molecular weight is 493 g/mol. The third kappa shape index (κ3) is 4.32. The number of halogens is 1. The Morgan fingerprint density at radius 3 is 2.79 bits per heavy atom. The second-order valence-corrected chi connectivity index (χ2v) is 9.11. The lowest BCUT2D eigenvalue weighted by atomic mass is 9.94. The minimum absolute atomic E-state index is 0.328. The fourth-order valence-electron chi connectivity index (χ4n) is 3.98. The number of hydrogen-bond donors (Lipinski definition) is 1. The average Bonchev–Trinajstić information content (AvgIpc) is 3.54. The Balaban J connectivity index is 1.59. The number of ether oxygens (including phenoxy) is 1. The highest BCUT2D eigenvalue weighted by Gasteiger charge is 2.34. The maximum absolute atomic E-state index is 14.1. The van der Waals surface area contributed by atoms with Gasteiger partial charge in [0.2, 0.25) is 5.82 Å². The first-order valence-electron chi connectivity index (χ1n) is 10.6. The Morgan fingerprint density at radius 2 is 2.03 bits per heavy atom. The van der Waals surface area contributed by atoms with E-state index in [0.717, 1.165) is 27.5 Å². The van der Waals surface area contributed by atoms with E-state index in [0.29, 0.717) is 28.9 Å². The van der Waals surface area contributed by atoms with Crippen molar-refractivity contribution in [2.75, 3.05) is 7.11 Å². The normalized spacial score (nSPS) is 16.0. The van der Waals surface area contributed by atoms with Crippen LogP contribution in [-0.2, 0) is 6.54 Å². The fraction of sp³-hybridized carbons (Fsp3) is 0.160. The molecule has 3 heterocycles. The summed E-state index contributed by atoms with van der Waals surface area (Å²) >= 11 is 7.27. The van der Waals surface area contributed by atoms with Crippen LogP contribution in [0.2, 0.25) is 0 Å².